The highest BCUT2D eigenvalue weighted by Gasteiger charge is 2.10. The zero-order valence-corrected chi connectivity index (χ0v) is 16.0. The first kappa shape index (κ1) is 20.2. The van der Waals surface area contributed by atoms with E-state index >= 15 is 0 Å². The highest BCUT2D eigenvalue weighted by Crippen LogP contribution is 2.29. The lowest BCUT2D eigenvalue weighted by Crippen LogP contribution is -2.04. The maximum atomic E-state index is 14.2. The predicted octanol–water partition coefficient (Wildman–Crippen LogP) is 3.49. The van der Waals surface area contributed by atoms with Gasteiger partial charge in [-0.25, -0.2) is 9.37 Å². The fourth-order valence-corrected chi connectivity index (χ4v) is 2.49. The predicted molar refractivity (Wildman–Crippen MR) is 107 cm³/mol. The molecule has 0 fully saturated rings. The summed E-state index contributed by atoms with van der Waals surface area (Å²) in [5, 5.41) is 14.8. The molecule has 0 atom stereocenters. The van der Waals surface area contributed by atoms with Crippen molar-refractivity contribution in [3.63, 3.8) is 0 Å². The molecule has 0 bridgehead atoms. The van der Waals surface area contributed by atoms with Crippen LogP contribution >= 0.6 is 0 Å². The van der Waals surface area contributed by atoms with Crippen LogP contribution in [0.4, 0.5) is 27.5 Å². The summed E-state index contributed by atoms with van der Waals surface area (Å²) in [7, 11) is 3.06. The number of rotatable bonds is 9. The molecular weight excluding hydrogens is 379 g/mol. The molecule has 0 amide bonds. The molecule has 152 valence electrons. The Hall–Kier alpha value is -3.59. The van der Waals surface area contributed by atoms with E-state index in [1.54, 1.807) is 42.5 Å². The van der Waals surface area contributed by atoms with Crippen molar-refractivity contribution in [2.75, 3.05) is 38.1 Å². The minimum Gasteiger partial charge on any atom is -0.497 e. The van der Waals surface area contributed by atoms with E-state index in [0.29, 0.717) is 28.6 Å². The summed E-state index contributed by atoms with van der Waals surface area (Å²) in [5.74, 6) is 1.26. The van der Waals surface area contributed by atoms with Crippen LogP contribution in [0.15, 0.2) is 48.7 Å². The Kier molecular flexibility index (Phi) is 6.64. The third kappa shape index (κ3) is 5.45. The lowest BCUT2D eigenvalue weighted by Gasteiger charge is -2.12. The zero-order chi connectivity index (χ0) is 20.6. The number of halogens is 1. The smallest absolute Gasteiger partial charge is 0.229 e. The molecule has 0 saturated carbocycles. The molecule has 0 unspecified atom stereocenters. The van der Waals surface area contributed by atoms with Gasteiger partial charge in [-0.15, -0.1) is 0 Å². The van der Waals surface area contributed by atoms with Crippen molar-refractivity contribution >= 4 is 23.1 Å². The van der Waals surface area contributed by atoms with Gasteiger partial charge in [0.25, 0.3) is 0 Å². The second-order valence-corrected chi connectivity index (χ2v) is 5.84. The number of ether oxygens (including phenoxy) is 3. The summed E-state index contributed by atoms with van der Waals surface area (Å²) in [4.78, 5) is 8.16. The topological polar surface area (TPSA) is 97.8 Å². The van der Waals surface area contributed by atoms with Crippen molar-refractivity contribution in [2.24, 2.45) is 0 Å². The van der Waals surface area contributed by atoms with Crippen molar-refractivity contribution in [3.8, 4) is 17.2 Å². The van der Waals surface area contributed by atoms with Gasteiger partial charge >= 0.3 is 0 Å². The molecule has 29 heavy (non-hydrogen) atoms. The molecule has 3 rings (SSSR count). The molecule has 3 aromatic rings. The second kappa shape index (κ2) is 9.56. The van der Waals surface area contributed by atoms with Gasteiger partial charge in [-0.05, 0) is 12.1 Å². The Labute approximate surface area is 167 Å². The molecule has 3 N–H and O–H groups in total. The molecule has 0 aliphatic heterocycles. The Bertz CT molecular complexity index is 949. The number of aliphatic hydroxyl groups excluding tert-OH is 1. The van der Waals surface area contributed by atoms with Crippen LogP contribution in [0.1, 0.15) is 0 Å². The summed E-state index contributed by atoms with van der Waals surface area (Å²) in [5.41, 5.74) is 1.20. The molecule has 0 spiro atoms. The van der Waals surface area contributed by atoms with Crippen LogP contribution in [0.25, 0.3) is 0 Å². The second-order valence-electron chi connectivity index (χ2n) is 5.84. The van der Waals surface area contributed by atoms with Gasteiger partial charge in [-0.2, -0.15) is 4.98 Å². The first-order valence-corrected chi connectivity index (χ1v) is 8.74. The lowest BCUT2D eigenvalue weighted by atomic mass is 10.2. The monoisotopic (exact) mass is 400 g/mol. The van der Waals surface area contributed by atoms with Gasteiger partial charge in [0.2, 0.25) is 5.95 Å². The molecule has 1 aromatic heterocycles. The van der Waals surface area contributed by atoms with Crippen LogP contribution in [0.5, 0.6) is 17.2 Å². The zero-order valence-electron chi connectivity index (χ0n) is 16.0. The first-order chi connectivity index (χ1) is 14.1. The molecule has 9 heteroatoms. The van der Waals surface area contributed by atoms with E-state index < -0.39 is 5.82 Å². The van der Waals surface area contributed by atoms with E-state index in [2.05, 4.69) is 20.6 Å². The Morgan fingerprint density at radius 1 is 0.966 bits per heavy atom. The third-order valence-electron chi connectivity index (χ3n) is 3.81. The number of benzene rings is 2. The molecule has 0 saturated heterocycles. The molecule has 8 nitrogen and oxygen atoms in total. The average Bonchev–Trinajstić information content (AvgIpc) is 2.74. The molecule has 0 aliphatic rings. The van der Waals surface area contributed by atoms with Gasteiger partial charge in [0.15, 0.2) is 11.6 Å². The summed E-state index contributed by atoms with van der Waals surface area (Å²) in [6, 6.07) is 12.1. The molecular formula is C20H21FN4O4. The van der Waals surface area contributed by atoms with E-state index in [-0.39, 0.29) is 25.0 Å². The lowest BCUT2D eigenvalue weighted by molar-refractivity contribution is 0.201. The fraction of sp³-hybridized carbons (Fsp3) is 0.200. The van der Waals surface area contributed by atoms with Crippen LogP contribution in [0.3, 0.4) is 0 Å². The van der Waals surface area contributed by atoms with Crippen molar-refractivity contribution in [1.29, 1.82) is 0 Å². The number of aromatic nitrogens is 2. The number of hydrogen-bond donors (Lipinski definition) is 3. The molecule has 0 aliphatic carbocycles. The summed E-state index contributed by atoms with van der Waals surface area (Å²) in [6.07, 6.45) is 1.07. The van der Waals surface area contributed by atoms with E-state index in [1.807, 2.05) is 0 Å². The largest absolute Gasteiger partial charge is 0.497 e. The van der Waals surface area contributed by atoms with Crippen LogP contribution < -0.4 is 24.8 Å². The molecule has 1 heterocycles. The number of methoxy groups -OCH3 is 2. The minimum absolute atomic E-state index is 0.00880. The number of aliphatic hydroxyl groups is 1. The van der Waals surface area contributed by atoms with Gasteiger partial charge in [-0.3, -0.25) is 0 Å². The first-order valence-electron chi connectivity index (χ1n) is 8.74. The molecule has 0 radical (unpaired) electrons. The van der Waals surface area contributed by atoms with Crippen LogP contribution in [0.2, 0.25) is 0 Å². The standard InChI is InChI=1S/C20H21FN4O4/c1-27-16-9-14(10-17(11-16)28-2)23-19-18(21)12-22-20(25-19)24-13-4-3-5-15(8-13)29-7-6-26/h3-5,8-12,26H,6-7H2,1-2H3,(H2,22,23,24,25). The highest BCUT2D eigenvalue weighted by molar-refractivity contribution is 5.63. The van der Waals surface area contributed by atoms with Crippen LogP contribution in [-0.4, -0.2) is 42.5 Å². The number of anilines is 4. The van der Waals surface area contributed by atoms with Gasteiger partial charge in [-0.1, -0.05) is 6.07 Å². The van der Waals surface area contributed by atoms with E-state index in [9.17, 15) is 4.39 Å². The summed E-state index contributed by atoms with van der Waals surface area (Å²) in [6.45, 7) is 0.109. The Morgan fingerprint density at radius 2 is 1.69 bits per heavy atom. The SMILES string of the molecule is COc1cc(Nc2nc(Nc3cccc(OCCO)c3)ncc2F)cc(OC)c1. The number of nitrogens with one attached hydrogen (secondary N) is 2. The maximum absolute atomic E-state index is 14.2. The number of nitrogens with zero attached hydrogens (tertiary/aromatic N) is 2. The quantitative estimate of drug-likeness (QED) is 0.502. The summed E-state index contributed by atoms with van der Waals surface area (Å²) < 4.78 is 30.1. The Balaban J connectivity index is 1.80. The highest BCUT2D eigenvalue weighted by atomic mass is 19.1. The fourth-order valence-electron chi connectivity index (χ4n) is 2.49. The van der Waals surface area contributed by atoms with E-state index in [1.165, 1.54) is 14.2 Å². The van der Waals surface area contributed by atoms with Gasteiger partial charge in [0.1, 0.15) is 23.9 Å². The normalized spacial score (nSPS) is 10.3. The Morgan fingerprint density at radius 3 is 2.38 bits per heavy atom. The van der Waals surface area contributed by atoms with Crippen LogP contribution in [-0.2, 0) is 0 Å². The average molecular weight is 400 g/mol. The summed E-state index contributed by atoms with van der Waals surface area (Å²) >= 11 is 0. The minimum atomic E-state index is -0.614. The molecule has 2 aromatic carbocycles. The van der Waals surface area contributed by atoms with E-state index in [4.69, 9.17) is 19.3 Å². The van der Waals surface area contributed by atoms with Crippen molar-refractivity contribution in [1.82, 2.24) is 9.97 Å². The van der Waals surface area contributed by atoms with Crippen molar-refractivity contribution in [2.45, 2.75) is 0 Å². The number of hydrogen-bond acceptors (Lipinski definition) is 8. The maximum Gasteiger partial charge on any atom is 0.229 e. The van der Waals surface area contributed by atoms with Crippen LogP contribution in [0, 0.1) is 5.82 Å². The van der Waals surface area contributed by atoms with Gasteiger partial charge in [0.05, 0.1) is 27.0 Å². The third-order valence-corrected chi connectivity index (χ3v) is 3.81. The van der Waals surface area contributed by atoms with Gasteiger partial charge < -0.3 is 30.0 Å². The van der Waals surface area contributed by atoms with Crippen molar-refractivity contribution < 1.29 is 23.7 Å². The van der Waals surface area contributed by atoms with Crippen molar-refractivity contribution in [3.05, 3.63) is 54.5 Å². The van der Waals surface area contributed by atoms with Gasteiger partial charge in [0, 0.05) is 35.6 Å². The van der Waals surface area contributed by atoms with E-state index in [0.717, 1.165) is 6.20 Å².